The van der Waals surface area contributed by atoms with Gasteiger partial charge in [-0.2, -0.15) is 5.26 Å². The summed E-state index contributed by atoms with van der Waals surface area (Å²) in [6, 6.07) is 31.0. The van der Waals surface area contributed by atoms with Crippen molar-refractivity contribution in [2.75, 3.05) is 0 Å². The molecule has 0 bridgehead atoms. The highest BCUT2D eigenvalue weighted by Crippen LogP contribution is 2.43. The van der Waals surface area contributed by atoms with Gasteiger partial charge in [-0.15, -0.1) is 0 Å². The van der Waals surface area contributed by atoms with E-state index < -0.39 is 83.2 Å². The first kappa shape index (κ1) is 21.0. The molecule has 7 aromatic carbocycles. The maximum Gasteiger partial charge on any atom is 0.166 e. The Morgan fingerprint density at radius 1 is 0.519 bits per heavy atom. The van der Waals surface area contributed by atoms with Gasteiger partial charge in [0.1, 0.15) is 0 Å². The van der Waals surface area contributed by atoms with Gasteiger partial charge in [-0.1, -0.05) is 121 Å². The van der Waals surface area contributed by atoms with E-state index in [9.17, 15) is 5.26 Å². The van der Waals surface area contributed by atoms with Crippen molar-refractivity contribution < 1.29 is 13.7 Å². The SMILES string of the molecule is [2H]c1c([2H])c([2H])c(-c2nc(-c3cc(C#N)ccc3-n3c4ccccc4c4ccc5c(c6ccccc6n5-c5ccccc5)c43)nc(-c3c([2H])c([2H])c([2H])c([2H])c3[2H])n2)c([2H])c1[2H]. The standard InChI is InChI=1S/C46H28N6/c47-29-30-24-26-40(37(28-30)46-49-44(31-14-4-1-5-15-31)48-45(50-46)32-16-6-2-7-17-32)52-38-22-12-10-20-34(38)35-25-27-41-42(43(35)52)36-21-11-13-23-39(36)51(41)33-18-8-3-9-19-33/h1-28H/i1D,2D,4D,5D,6D,7D,14D,15D,16D,17D. The summed E-state index contributed by atoms with van der Waals surface area (Å²) in [6.07, 6.45) is 0. The second-order valence-corrected chi connectivity index (χ2v) is 12.0. The third kappa shape index (κ3) is 4.61. The number of fused-ring (bicyclic) bond motifs is 7. The van der Waals surface area contributed by atoms with Crippen molar-refractivity contribution in [3.05, 3.63) is 175 Å². The van der Waals surface area contributed by atoms with Crippen molar-refractivity contribution in [3.63, 3.8) is 0 Å². The second kappa shape index (κ2) is 11.9. The molecule has 0 spiro atoms. The predicted molar refractivity (Wildman–Crippen MR) is 210 cm³/mol. The van der Waals surface area contributed by atoms with E-state index in [4.69, 9.17) is 23.7 Å². The average molecular weight is 675 g/mol. The van der Waals surface area contributed by atoms with Gasteiger partial charge in [0.25, 0.3) is 0 Å². The van der Waals surface area contributed by atoms with Crippen LogP contribution in [0, 0.1) is 11.3 Å². The van der Waals surface area contributed by atoms with Gasteiger partial charge in [0.2, 0.25) is 0 Å². The normalized spacial score (nSPS) is 14.1. The molecule has 0 aliphatic heterocycles. The summed E-state index contributed by atoms with van der Waals surface area (Å²) < 4.78 is 89.8. The molecule has 10 aromatic rings. The van der Waals surface area contributed by atoms with Crippen LogP contribution in [0.4, 0.5) is 0 Å². The van der Waals surface area contributed by atoms with Crippen LogP contribution < -0.4 is 0 Å². The van der Waals surface area contributed by atoms with Crippen molar-refractivity contribution >= 4 is 43.6 Å². The molecular formula is C46H28N6. The van der Waals surface area contributed by atoms with Crippen LogP contribution in [-0.4, -0.2) is 24.1 Å². The van der Waals surface area contributed by atoms with E-state index in [1.165, 1.54) is 0 Å². The van der Waals surface area contributed by atoms with Crippen LogP contribution in [0.5, 0.6) is 0 Å². The van der Waals surface area contributed by atoms with Crippen LogP contribution in [-0.2, 0) is 0 Å². The minimum atomic E-state index is -0.650. The topological polar surface area (TPSA) is 72.3 Å². The number of nitriles is 1. The number of nitrogens with zero attached hydrogens (tertiary/aromatic N) is 6. The molecule has 0 amide bonds. The fourth-order valence-corrected chi connectivity index (χ4v) is 7.04. The van der Waals surface area contributed by atoms with Crippen LogP contribution in [0.2, 0.25) is 0 Å². The molecule has 242 valence electrons. The van der Waals surface area contributed by atoms with Crippen LogP contribution in [0.25, 0.3) is 89.2 Å². The molecule has 0 radical (unpaired) electrons. The summed E-state index contributed by atoms with van der Waals surface area (Å²) in [5, 5.41) is 14.1. The molecule has 0 fully saturated rings. The lowest BCUT2D eigenvalue weighted by Gasteiger charge is -2.15. The van der Waals surface area contributed by atoms with E-state index in [2.05, 4.69) is 44.5 Å². The molecular weight excluding hydrogens is 637 g/mol. The Bertz CT molecular complexity index is 3470. The fraction of sp³-hybridized carbons (Fsp3) is 0. The zero-order valence-corrected chi connectivity index (χ0v) is 27.1. The van der Waals surface area contributed by atoms with Gasteiger partial charge in [-0.05, 0) is 48.5 Å². The summed E-state index contributed by atoms with van der Waals surface area (Å²) >= 11 is 0. The maximum atomic E-state index is 10.3. The molecule has 0 unspecified atom stereocenters. The van der Waals surface area contributed by atoms with Gasteiger partial charge in [-0.25, -0.2) is 15.0 Å². The van der Waals surface area contributed by atoms with Crippen molar-refractivity contribution in [1.29, 1.82) is 5.26 Å². The van der Waals surface area contributed by atoms with Gasteiger partial charge >= 0.3 is 0 Å². The highest BCUT2D eigenvalue weighted by Gasteiger charge is 2.23. The van der Waals surface area contributed by atoms with Crippen molar-refractivity contribution in [3.8, 4) is 51.6 Å². The van der Waals surface area contributed by atoms with Crippen LogP contribution in [0.1, 0.15) is 19.3 Å². The Labute approximate surface area is 313 Å². The zero-order chi connectivity index (χ0) is 43.3. The van der Waals surface area contributed by atoms with Crippen LogP contribution in [0.3, 0.4) is 0 Å². The molecule has 52 heavy (non-hydrogen) atoms. The monoisotopic (exact) mass is 674 g/mol. The van der Waals surface area contributed by atoms with Crippen LogP contribution in [0.15, 0.2) is 170 Å². The molecule has 0 saturated heterocycles. The third-order valence-electron chi connectivity index (χ3n) is 9.17. The predicted octanol–water partition coefficient (Wildman–Crippen LogP) is 10.9. The Kier molecular flexibility index (Phi) is 4.81. The molecule has 6 nitrogen and oxygen atoms in total. The Hall–Kier alpha value is -7.36. The summed E-state index contributed by atoms with van der Waals surface area (Å²) in [5.74, 6) is -0.962. The largest absolute Gasteiger partial charge is 0.309 e. The molecule has 6 heteroatoms. The molecule has 0 saturated carbocycles. The summed E-state index contributed by atoms with van der Waals surface area (Å²) in [7, 11) is 0. The van der Waals surface area contributed by atoms with E-state index in [1.807, 2.05) is 66.7 Å². The molecule has 10 rings (SSSR count). The molecule has 3 heterocycles. The number of hydrogen-bond donors (Lipinski definition) is 0. The van der Waals surface area contributed by atoms with E-state index in [0.717, 1.165) is 49.3 Å². The Morgan fingerprint density at radius 3 is 1.79 bits per heavy atom. The van der Waals surface area contributed by atoms with Gasteiger partial charge in [-0.3, -0.25) is 0 Å². The highest BCUT2D eigenvalue weighted by molar-refractivity contribution is 6.26. The minimum Gasteiger partial charge on any atom is -0.309 e. The smallest absolute Gasteiger partial charge is 0.166 e. The zero-order valence-electron chi connectivity index (χ0n) is 37.1. The maximum absolute atomic E-state index is 10.3. The van der Waals surface area contributed by atoms with Gasteiger partial charge in [0, 0.05) is 43.9 Å². The summed E-state index contributed by atoms with van der Waals surface area (Å²) in [4.78, 5) is 14.0. The van der Waals surface area contributed by atoms with Crippen molar-refractivity contribution in [2.45, 2.75) is 0 Å². The lowest BCUT2D eigenvalue weighted by atomic mass is 10.1. The first-order valence-corrected chi connectivity index (χ1v) is 16.4. The number of para-hydroxylation sites is 3. The van der Waals surface area contributed by atoms with Crippen molar-refractivity contribution in [1.82, 2.24) is 24.1 Å². The number of rotatable bonds is 5. The summed E-state index contributed by atoms with van der Waals surface area (Å²) in [6.45, 7) is 0. The Balaban J connectivity index is 1.37. The highest BCUT2D eigenvalue weighted by atomic mass is 15.1. The van der Waals surface area contributed by atoms with E-state index >= 15 is 0 Å². The lowest BCUT2D eigenvalue weighted by Crippen LogP contribution is -2.04. The molecule has 0 aliphatic rings. The van der Waals surface area contributed by atoms with Gasteiger partial charge < -0.3 is 9.13 Å². The molecule has 3 aromatic heterocycles. The number of hydrogen-bond acceptors (Lipinski definition) is 4. The fourth-order valence-electron chi connectivity index (χ4n) is 7.04. The average Bonchev–Trinajstić information content (AvgIpc) is 3.82. The first-order chi connectivity index (χ1) is 29.9. The number of aromatic nitrogens is 5. The van der Waals surface area contributed by atoms with Gasteiger partial charge in [0.05, 0.1) is 53.1 Å². The molecule has 0 N–H and O–H groups in total. The van der Waals surface area contributed by atoms with Gasteiger partial charge in [0.15, 0.2) is 17.5 Å². The second-order valence-electron chi connectivity index (χ2n) is 12.0. The van der Waals surface area contributed by atoms with E-state index in [0.29, 0.717) is 5.69 Å². The lowest BCUT2D eigenvalue weighted by molar-refractivity contribution is 1.06. The van der Waals surface area contributed by atoms with Crippen LogP contribution >= 0.6 is 0 Å². The van der Waals surface area contributed by atoms with E-state index in [-0.39, 0.29) is 17.0 Å². The van der Waals surface area contributed by atoms with E-state index in [1.54, 1.807) is 18.2 Å². The third-order valence-corrected chi connectivity index (χ3v) is 9.17. The van der Waals surface area contributed by atoms with Crippen molar-refractivity contribution in [2.24, 2.45) is 0 Å². The Morgan fingerprint density at radius 2 is 1.12 bits per heavy atom. The minimum absolute atomic E-state index is 0.152. The number of benzene rings is 7. The molecule has 0 atom stereocenters. The summed E-state index contributed by atoms with van der Waals surface area (Å²) in [5.41, 5.74) is 4.66. The molecule has 0 aliphatic carbocycles. The quantitative estimate of drug-likeness (QED) is 0.182. The first-order valence-electron chi connectivity index (χ1n) is 21.4.